The van der Waals surface area contributed by atoms with Gasteiger partial charge in [0, 0.05) is 67.1 Å². The van der Waals surface area contributed by atoms with Crippen molar-refractivity contribution in [3.8, 4) is 0 Å². The second-order valence-electron chi connectivity index (χ2n) is 22.5. The standard InChI is InChI=1S/C14H19N3O.C12H14N2.C10H13N.C8H15NO2.C7H13N.C6H13N.C5H11NO.2CH4/c1-16-9-7-14(8-10-16)13(18)15-11-17(14)12-5-3-2-4-6-12;1-14-7-6-10-9-4-2-3-5-11(9)13-12(10)8-14;1-11-7-6-9-4-2-3-5-10(9)8-11;1-9-4-2-8(3-5-9)10-6-7-11-8;1-7-3-5-8(2)6-4-7;1-7-5-3-2-4-6-7;1-6-2-4-7-5-3-6;;/h2-6,16H,1,7-11H2,(H,15,18);2-5,13-14H,1,6-8H2;2-5,11H,1,6-8H2;9H,1-7H2;3,8H,2,4-6H2,1H3;7H,1-6H2;6H,1-5H2;2*1H4. The molecule has 6 fully saturated rings. The molecular weight excluding hydrogens is 973 g/mol. The predicted molar refractivity (Wildman–Crippen MR) is 316 cm³/mol. The number of quaternary nitrogens is 7. The number of H-pyrrole nitrogens is 1. The summed E-state index contributed by atoms with van der Waals surface area (Å²) in [6, 6.07) is 27.4. The number of fused-ring (bicyclic) bond motifs is 4. The number of amides is 1. The molecule has 10 heterocycles. The van der Waals surface area contributed by atoms with Gasteiger partial charge in [-0.05, 0) is 61.6 Å². The maximum atomic E-state index is 12.3. The lowest BCUT2D eigenvalue weighted by atomic mass is 9.86. The average Bonchev–Trinajstić information content (AvgIpc) is 4.27. The van der Waals surface area contributed by atoms with Crippen LogP contribution >= 0.6 is 0 Å². The highest BCUT2D eigenvalue weighted by molar-refractivity contribution is 5.93. The zero-order valence-corrected chi connectivity index (χ0v) is 46.6. The first-order valence-corrected chi connectivity index (χ1v) is 28.8. The van der Waals surface area contributed by atoms with Gasteiger partial charge in [0.15, 0.2) is 5.79 Å². The monoisotopic (exact) mass is 1080 g/mol. The third kappa shape index (κ3) is 19.5. The zero-order valence-electron chi connectivity index (χ0n) is 46.6. The molecule has 78 heavy (non-hydrogen) atoms. The predicted octanol–water partition coefficient (Wildman–Crippen LogP) is 0.134. The summed E-state index contributed by atoms with van der Waals surface area (Å²) in [5.74, 6) is -0.0277. The highest BCUT2D eigenvalue weighted by atomic mass is 16.7. The number of para-hydroxylation sites is 2. The van der Waals surface area contributed by atoms with Crippen LogP contribution in [0.1, 0.15) is 95.5 Å². The van der Waals surface area contributed by atoms with Gasteiger partial charge in [0.2, 0.25) is 5.91 Å². The molecule has 9 aliphatic rings. The molecule has 0 bridgehead atoms. The van der Waals surface area contributed by atoms with Gasteiger partial charge in [-0.1, -0.05) is 81.1 Å². The van der Waals surface area contributed by atoms with E-state index in [2.05, 4.69) is 138 Å². The fourth-order valence-electron chi connectivity index (χ4n) is 11.4. The molecule has 4 aromatic rings. The van der Waals surface area contributed by atoms with Crippen LogP contribution in [0.4, 0.5) is 5.69 Å². The maximum Gasteiger partial charge on any atom is 0.247 e. The summed E-state index contributed by atoms with van der Waals surface area (Å²) in [7, 11) is 27.7. The van der Waals surface area contributed by atoms with Crippen LogP contribution < -0.4 is 44.5 Å². The molecule has 0 saturated carbocycles. The highest BCUT2D eigenvalue weighted by Gasteiger charge is 2.50. The quantitative estimate of drug-likeness (QED) is 0.0999. The molecule has 14 nitrogen and oxygen atoms in total. The van der Waals surface area contributed by atoms with Gasteiger partial charge >= 0.3 is 0 Å². The lowest BCUT2D eigenvalue weighted by Crippen LogP contribution is -3.09. The van der Waals surface area contributed by atoms with Gasteiger partial charge in [-0.3, -0.25) is 4.79 Å². The minimum atomic E-state index is -0.345. The number of likely N-dealkylation sites (tertiary alicyclic amines) is 3. The van der Waals surface area contributed by atoms with Gasteiger partial charge in [-0.25, -0.2) is 0 Å². The van der Waals surface area contributed by atoms with E-state index in [1.54, 1.807) is 0 Å². The van der Waals surface area contributed by atoms with Crippen molar-refractivity contribution in [3.05, 3.63) is 162 Å². The van der Waals surface area contributed by atoms with E-state index in [4.69, 9.17) is 14.2 Å². The Labute approximate surface area is 473 Å². The molecule has 2 spiro atoms. The van der Waals surface area contributed by atoms with Crippen molar-refractivity contribution < 1.29 is 53.3 Å². The summed E-state index contributed by atoms with van der Waals surface area (Å²) < 4.78 is 16.2. The van der Waals surface area contributed by atoms with E-state index in [1.165, 1.54) is 131 Å². The lowest BCUT2D eigenvalue weighted by molar-refractivity contribution is -0.870. The smallest absolute Gasteiger partial charge is 0.247 e. The summed E-state index contributed by atoms with van der Waals surface area (Å²) in [6.07, 6.45) is 13.8. The first kappa shape index (κ1) is 64.6. The number of nitrogens with zero attached hydrogens (tertiary/aromatic N) is 1. The number of morpholine rings is 1. The van der Waals surface area contributed by atoms with Crippen LogP contribution in [0.25, 0.3) is 10.9 Å². The van der Waals surface area contributed by atoms with E-state index < -0.39 is 0 Å². The summed E-state index contributed by atoms with van der Waals surface area (Å²) in [4.78, 5) is 27.5. The molecule has 13 rings (SSSR count). The molecule has 3 unspecified atom stereocenters. The van der Waals surface area contributed by atoms with Crippen LogP contribution in [0, 0.1) is 49.3 Å². The van der Waals surface area contributed by atoms with Gasteiger partial charge < -0.3 is 63.7 Å². The Bertz CT molecular complexity index is 2310. The lowest BCUT2D eigenvalue weighted by Gasteiger charge is -2.42. The largest absolute Gasteiger partial charge is 0.468 e. The van der Waals surface area contributed by atoms with Crippen molar-refractivity contribution in [3.63, 3.8) is 0 Å². The molecule has 0 radical (unpaired) electrons. The zero-order chi connectivity index (χ0) is 53.8. The molecule has 14 heteroatoms. The summed E-state index contributed by atoms with van der Waals surface area (Å²) in [6.45, 7) is 21.7. The summed E-state index contributed by atoms with van der Waals surface area (Å²) >= 11 is 0. The van der Waals surface area contributed by atoms with Crippen LogP contribution in [-0.2, 0) is 44.9 Å². The molecule has 1 amide bonds. The second-order valence-corrected chi connectivity index (χ2v) is 22.5. The molecule has 9 N–H and O–H groups in total. The molecule has 3 aromatic carbocycles. The Kier molecular flexibility index (Phi) is 27.3. The normalized spacial score (nSPS) is 25.1. The number of nitrogens with one attached hydrogen (secondary N) is 9. The van der Waals surface area contributed by atoms with E-state index in [0.29, 0.717) is 6.67 Å². The molecule has 9 aliphatic heterocycles. The van der Waals surface area contributed by atoms with Gasteiger partial charge in [0.1, 0.15) is 5.54 Å². The number of hydrogen-bond acceptors (Lipinski definition) is 5. The van der Waals surface area contributed by atoms with E-state index in [0.717, 1.165) is 130 Å². The van der Waals surface area contributed by atoms with Crippen LogP contribution in [0.15, 0.2) is 90.5 Å². The Morgan fingerprint density at radius 2 is 1.09 bits per heavy atom. The van der Waals surface area contributed by atoms with Gasteiger partial charge in [0.25, 0.3) is 0 Å². The van der Waals surface area contributed by atoms with Crippen molar-refractivity contribution in [1.29, 1.82) is 0 Å². The van der Waals surface area contributed by atoms with Crippen LogP contribution in [0.2, 0.25) is 0 Å². The van der Waals surface area contributed by atoms with E-state index in [1.807, 2.05) is 18.2 Å². The van der Waals surface area contributed by atoms with E-state index in [-0.39, 0.29) is 32.1 Å². The Balaban J connectivity index is 0.000000171. The number of rotatable bonds is 1. The molecule has 436 valence electrons. The fourth-order valence-corrected chi connectivity index (χ4v) is 11.4. The minimum absolute atomic E-state index is 0. The molecule has 3 atom stereocenters. The summed E-state index contributed by atoms with van der Waals surface area (Å²) in [5.41, 5.74) is 9.45. The third-order valence-corrected chi connectivity index (χ3v) is 16.5. The SMILES string of the molecule is C.C.[CH2-][NH+]1CC=C(C)CC1.[CH2-][NH+]1CCC2(CC1)C(=O)NCN2c1ccccc1.[CH2-][NH+]1CCC2(CC1)OCCO2.[CH2-][NH+]1CCCCC1.[CH2-][NH+]1CCOCC1.[CH2-][NH+]1CCc2c([nH]c3ccccc23)C1.[CH2-][NH+]1CCc2ccccc2C1. The van der Waals surface area contributed by atoms with Crippen molar-refractivity contribution >= 4 is 22.5 Å². The van der Waals surface area contributed by atoms with Crippen LogP contribution in [0.3, 0.4) is 0 Å². The molecule has 1 aromatic heterocycles. The first-order chi connectivity index (χ1) is 36.8. The van der Waals surface area contributed by atoms with Gasteiger partial charge in [-0.15, -0.1) is 0 Å². The van der Waals surface area contributed by atoms with E-state index in [9.17, 15) is 4.79 Å². The highest BCUT2D eigenvalue weighted by Crippen LogP contribution is 2.34. The van der Waals surface area contributed by atoms with Crippen molar-refractivity contribution in [2.75, 3.05) is 117 Å². The molecular formula is C64H106N10O4. The minimum Gasteiger partial charge on any atom is -0.468 e. The van der Waals surface area contributed by atoms with Crippen molar-refractivity contribution in [2.24, 2.45) is 0 Å². The third-order valence-electron chi connectivity index (χ3n) is 16.5. The van der Waals surface area contributed by atoms with Gasteiger partial charge in [0.05, 0.1) is 130 Å². The Morgan fingerprint density at radius 3 is 1.68 bits per heavy atom. The Hall–Kier alpha value is -4.19. The van der Waals surface area contributed by atoms with E-state index >= 15 is 0 Å². The number of anilines is 1. The van der Waals surface area contributed by atoms with Crippen molar-refractivity contribution in [1.82, 2.24) is 10.3 Å². The molecule has 0 aliphatic carbocycles. The van der Waals surface area contributed by atoms with Gasteiger partial charge in [-0.2, -0.15) is 49.3 Å². The second kappa shape index (κ2) is 32.9. The topological polar surface area (TPSA) is 107 Å². The summed E-state index contributed by atoms with van der Waals surface area (Å²) in [5, 5.41) is 4.40. The number of aromatic amines is 1. The van der Waals surface area contributed by atoms with Crippen molar-refractivity contribution in [2.45, 2.75) is 110 Å². The van der Waals surface area contributed by atoms with Crippen LogP contribution in [-0.4, -0.2) is 134 Å². The van der Waals surface area contributed by atoms with Crippen LogP contribution in [0.5, 0.6) is 0 Å². The first-order valence-electron chi connectivity index (χ1n) is 28.8. The Morgan fingerprint density at radius 1 is 0.538 bits per heavy atom. The number of carbonyl (C=O) groups is 1. The molecule has 6 saturated heterocycles. The maximum absolute atomic E-state index is 12.3. The fraction of sp³-hybridized carbons (Fsp3) is 0.531. The number of ether oxygens (including phenoxy) is 3. The average molecular weight is 1080 g/mol. The number of piperidine rings is 3. The number of benzene rings is 3. The number of hydrogen-bond donors (Lipinski definition) is 9. The number of aromatic nitrogens is 1. The number of carbonyl (C=O) groups excluding carboxylic acids is 1.